The summed E-state index contributed by atoms with van der Waals surface area (Å²) >= 11 is 2.32. The van der Waals surface area contributed by atoms with Gasteiger partial charge in [-0.3, -0.25) is 0 Å². The highest BCUT2D eigenvalue weighted by Gasteiger charge is 2.31. The number of aliphatic hydroxyl groups is 1. The molecular weight excluding hydrogens is 313 g/mol. The Balaban J connectivity index is 2.08. The van der Waals surface area contributed by atoms with Crippen LogP contribution in [-0.4, -0.2) is 24.8 Å². The van der Waals surface area contributed by atoms with Gasteiger partial charge in [0.05, 0.1) is 6.61 Å². The van der Waals surface area contributed by atoms with Crippen molar-refractivity contribution in [2.24, 2.45) is 5.41 Å². The lowest BCUT2D eigenvalue weighted by Crippen LogP contribution is -2.44. The van der Waals surface area contributed by atoms with Crippen LogP contribution in [0.1, 0.15) is 18.4 Å². The molecule has 1 unspecified atom stereocenters. The fraction of sp³-hybridized carbons (Fsp3) is 0.538. The van der Waals surface area contributed by atoms with Crippen LogP contribution in [0.3, 0.4) is 0 Å². The number of hydrogen-bond donors (Lipinski definition) is 2. The molecule has 88 valence electrons. The minimum atomic E-state index is 0.0606. The van der Waals surface area contributed by atoms with E-state index in [4.69, 9.17) is 0 Å². The summed E-state index contributed by atoms with van der Waals surface area (Å²) in [6.45, 7) is 2.32. The highest BCUT2D eigenvalue weighted by Crippen LogP contribution is 2.30. The van der Waals surface area contributed by atoms with Gasteiger partial charge in [0.15, 0.2) is 0 Å². The molecule has 0 aliphatic carbocycles. The van der Waals surface area contributed by atoms with E-state index < -0.39 is 0 Å². The predicted molar refractivity (Wildman–Crippen MR) is 74.5 cm³/mol. The van der Waals surface area contributed by atoms with Crippen LogP contribution in [0.25, 0.3) is 0 Å². The van der Waals surface area contributed by atoms with Gasteiger partial charge < -0.3 is 10.4 Å². The molecule has 1 heterocycles. The first-order valence-corrected chi connectivity index (χ1v) is 6.88. The maximum atomic E-state index is 9.62. The molecule has 0 radical (unpaired) electrons. The molecule has 2 N–H and O–H groups in total. The van der Waals surface area contributed by atoms with Gasteiger partial charge in [-0.2, -0.15) is 0 Å². The van der Waals surface area contributed by atoms with Gasteiger partial charge in [-0.05, 0) is 66.1 Å². The highest BCUT2D eigenvalue weighted by atomic mass is 127. The monoisotopic (exact) mass is 331 g/mol. The van der Waals surface area contributed by atoms with Gasteiger partial charge in [-0.15, -0.1) is 0 Å². The van der Waals surface area contributed by atoms with Crippen LogP contribution in [0.15, 0.2) is 24.3 Å². The summed E-state index contributed by atoms with van der Waals surface area (Å²) < 4.78 is 1.26. The molecule has 1 saturated heterocycles. The van der Waals surface area contributed by atoms with Crippen LogP contribution >= 0.6 is 22.6 Å². The van der Waals surface area contributed by atoms with Crippen molar-refractivity contribution in [1.29, 1.82) is 0 Å². The van der Waals surface area contributed by atoms with Gasteiger partial charge in [-0.25, -0.2) is 0 Å². The zero-order chi connectivity index (χ0) is 11.4. The van der Waals surface area contributed by atoms with Crippen molar-refractivity contribution in [3.63, 3.8) is 0 Å². The second kappa shape index (κ2) is 5.47. The first kappa shape index (κ1) is 12.3. The zero-order valence-electron chi connectivity index (χ0n) is 9.38. The van der Waals surface area contributed by atoms with Gasteiger partial charge in [0.1, 0.15) is 0 Å². The van der Waals surface area contributed by atoms with Crippen LogP contribution in [0.4, 0.5) is 0 Å². The Hall–Kier alpha value is -0.130. The van der Waals surface area contributed by atoms with Crippen LogP contribution in [0.5, 0.6) is 0 Å². The number of halogens is 1. The molecule has 0 amide bonds. The predicted octanol–water partition coefficient (Wildman–Crippen LogP) is 2.20. The average molecular weight is 331 g/mol. The van der Waals surface area contributed by atoms with E-state index in [2.05, 4.69) is 52.2 Å². The molecule has 1 atom stereocenters. The highest BCUT2D eigenvalue weighted by molar-refractivity contribution is 14.1. The Morgan fingerprint density at radius 2 is 2.06 bits per heavy atom. The second-order valence-electron chi connectivity index (χ2n) is 4.74. The van der Waals surface area contributed by atoms with E-state index in [0.717, 1.165) is 25.9 Å². The Kier molecular flexibility index (Phi) is 4.21. The third-order valence-electron chi connectivity index (χ3n) is 3.39. The largest absolute Gasteiger partial charge is 0.396 e. The van der Waals surface area contributed by atoms with E-state index in [1.54, 1.807) is 0 Å². The second-order valence-corrected chi connectivity index (χ2v) is 5.99. The summed E-state index contributed by atoms with van der Waals surface area (Å²) in [4.78, 5) is 0. The third kappa shape index (κ3) is 2.96. The van der Waals surface area contributed by atoms with Crippen molar-refractivity contribution in [3.05, 3.63) is 33.4 Å². The number of rotatable bonds is 3. The number of nitrogens with one attached hydrogen (secondary N) is 1. The van der Waals surface area contributed by atoms with E-state index in [9.17, 15) is 5.11 Å². The molecule has 1 aromatic carbocycles. The Bertz CT molecular complexity index is 330. The number of hydrogen-bond acceptors (Lipinski definition) is 2. The van der Waals surface area contributed by atoms with Crippen molar-refractivity contribution in [3.8, 4) is 0 Å². The number of aliphatic hydroxyl groups excluding tert-OH is 1. The molecule has 1 aromatic rings. The molecule has 1 fully saturated rings. The standard InChI is InChI=1S/C13H18INO/c14-12-4-2-11(3-5-12)8-13(10-16)6-1-7-15-9-13/h2-5,15-16H,1,6-10H2. The normalized spacial score (nSPS) is 25.6. The molecule has 0 bridgehead atoms. The van der Waals surface area contributed by atoms with E-state index >= 15 is 0 Å². The summed E-state index contributed by atoms with van der Waals surface area (Å²) in [6.07, 6.45) is 3.28. The third-order valence-corrected chi connectivity index (χ3v) is 4.11. The van der Waals surface area contributed by atoms with E-state index in [0.29, 0.717) is 0 Å². The summed E-state index contributed by atoms with van der Waals surface area (Å²) in [5.41, 5.74) is 1.39. The molecule has 0 spiro atoms. The van der Waals surface area contributed by atoms with Crippen LogP contribution in [0, 0.1) is 8.99 Å². The van der Waals surface area contributed by atoms with Crippen molar-refractivity contribution in [2.45, 2.75) is 19.3 Å². The van der Waals surface area contributed by atoms with Gasteiger partial charge in [0.2, 0.25) is 0 Å². The fourth-order valence-corrected chi connectivity index (χ4v) is 2.77. The molecular formula is C13H18INO. The van der Waals surface area contributed by atoms with Crippen LogP contribution in [-0.2, 0) is 6.42 Å². The van der Waals surface area contributed by atoms with Crippen molar-refractivity contribution in [2.75, 3.05) is 19.7 Å². The van der Waals surface area contributed by atoms with Gasteiger partial charge >= 0.3 is 0 Å². The number of piperidine rings is 1. The molecule has 2 rings (SSSR count). The molecule has 16 heavy (non-hydrogen) atoms. The fourth-order valence-electron chi connectivity index (χ4n) is 2.41. The Morgan fingerprint density at radius 3 is 2.62 bits per heavy atom. The number of benzene rings is 1. The minimum absolute atomic E-state index is 0.0606. The van der Waals surface area contributed by atoms with Crippen molar-refractivity contribution < 1.29 is 5.11 Å². The molecule has 0 saturated carbocycles. The Morgan fingerprint density at radius 1 is 1.31 bits per heavy atom. The molecule has 2 nitrogen and oxygen atoms in total. The van der Waals surface area contributed by atoms with Crippen LogP contribution < -0.4 is 5.32 Å². The lowest BCUT2D eigenvalue weighted by molar-refractivity contribution is 0.0948. The van der Waals surface area contributed by atoms with E-state index in [1.165, 1.54) is 15.6 Å². The first-order valence-electron chi connectivity index (χ1n) is 5.80. The summed E-state index contributed by atoms with van der Waals surface area (Å²) in [5.74, 6) is 0. The molecule has 1 aliphatic heterocycles. The lowest BCUT2D eigenvalue weighted by atomic mass is 9.76. The molecule has 0 aromatic heterocycles. The maximum absolute atomic E-state index is 9.62. The average Bonchev–Trinajstić information content (AvgIpc) is 2.33. The maximum Gasteiger partial charge on any atom is 0.0502 e. The first-order chi connectivity index (χ1) is 7.74. The van der Waals surface area contributed by atoms with E-state index in [-0.39, 0.29) is 12.0 Å². The zero-order valence-corrected chi connectivity index (χ0v) is 11.5. The lowest BCUT2D eigenvalue weighted by Gasteiger charge is -2.36. The smallest absolute Gasteiger partial charge is 0.0502 e. The SMILES string of the molecule is OCC1(Cc2ccc(I)cc2)CCCNC1. The summed E-state index contributed by atoms with van der Waals surface area (Å²) in [6, 6.07) is 8.62. The molecule has 1 aliphatic rings. The topological polar surface area (TPSA) is 32.3 Å². The summed E-state index contributed by atoms with van der Waals surface area (Å²) in [7, 11) is 0. The summed E-state index contributed by atoms with van der Waals surface area (Å²) in [5, 5.41) is 13.0. The van der Waals surface area contributed by atoms with Gasteiger partial charge in [0.25, 0.3) is 0 Å². The Labute approximate surface area is 111 Å². The van der Waals surface area contributed by atoms with Gasteiger partial charge in [-0.1, -0.05) is 12.1 Å². The quantitative estimate of drug-likeness (QED) is 0.833. The van der Waals surface area contributed by atoms with Crippen molar-refractivity contribution in [1.82, 2.24) is 5.32 Å². The van der Waals surface area contributed by atoms with E-state index in [1.807, 2.05) is 0 Å². The minimum Gasteiger partial charge on any atom is -0.396 e. The molecule has 3 heteroatoms. The van der Waals surface area contributed by atoms with Gasteiger partial charge in [0, 0.05) is 15.5 Å². The van der Waals surface area contributed by atoms with Crippen LogP contribution in [0.2, 0.25) is 0 Å². The van der Waals surface area contributed by atoms with Crippen molar-refractivity contribution >= 4 is 22.6 Å².